The van der Waals surface area contributed by atoms with Crippen LogP contribution in [0.5, 0.6) is 5.88 Å². The zero-order valence-corrected chi connectivity index (χ0v) is 13.2. The van der Waals surface area contributed by atoms with Crippen LogP contribution in [-0.4, -0.2) is 28.2 Å². The molecule has 0 aliphatic rings. The van der Waals surface area contributed by atoms with Gasteiger partial charge in [-0.1, -0.05) is 35.0 Å². The van der Waals surface area contributed by atoms with Crippen LogP contribution in [0.3, 0.4) is 0 Å². The molecule has 7 heteroatoms. The number of rotatable bonds is 5. The Morgan fingerprint density at radius 2 is 1.96 bits per heavy atom. The molecule has 0 saturated carbocycles. The van der Waals surface area contributed by atoms with E-state index in [0.29, 0.717) is 17.3 Å². The van der Waals surface area contributed by atoms with Crippen molar-refractivity contribution >= 4 is 5.97 Å². The Balaban J connectivity index is 1.62. The summed E-state index contributed by atoms with van der Waals surface area (Å²) in [4.78, 5) is 20.1. The number of methoxy groups -OCH3 is 1. The molecule has 0 spiro atoms. The summed E-state index contributed by atoms with van der Waals surface area (Å²) in [5.41, 5.74) is 2.29. The van der Waals surface area contributed by atoms with Gasteiger partial charge in [-0.25, -0.2) is 9.78 Å². The van der Waals surface area contributed by atoms with Crippen LogP contribution in [-0.2, 0) is 11.3 Å². The van der Waals surface area contributed by atoms with E-state index in [4.69, 9.17) is 14.0 Å². The lowest BCUT2D eigenvalue weighted by atomic mass is 10.1. The lowest BCUT2D eigenvalue weighted by Gasteiger charge is -2.02. The van der Waals surface area contributed by atoms with Gasteiger partial charge < -0.3 is 14.0 Å². The van der Waals surface area contributed by atoms with Crippen molar-refractivity contribution in [1.82, 2.24) is 15.1 Å². The van der Waals surface area contributed by atoms with Gasteiger partial charge in [0.15, 0.2) is 6.61 Å². The fraction of sp³-hybridized carbons (Fsp3) is 0.176. The van der Waals surface area contributed by atoms with Gasteiger partial charge in [-0.05, 0) is 13.0 Å². The van der Waals surface area contributed by atoms with Gasteiger partial charge in [0.05, 0.1) is 12.7 Å². The van der Waals surface area contributed by atoms with Gasteiger partial charge in [0, 0.05) is 17.8 Å². The average Bonchev–Trinajstić information content (AvgIpc) is 3.09. The summed E-state index contributed by atoms with van der Waals surface area (Å²) >= 11 is 0. The summed E-state index contributed by atoms with van der Waals surface area (Å²) < 4.78 is 15.2. The third-order valence-electron chi connectivity index (χ3n) is 3.29. The molecule has 0 bridgehead atoms. The van der Waals surface area contributed by atoms with Crippen molar-refractivity contribution in [3.8, 4) is 17.3 Å². The minimum atomic E-state index is -0.528. The number of esters is 1. The first-order valence-corrected chi connectivity index (χ1v) is 7.22. The van der Waals surface area contributed by atoms with E-state index < -0.39 is 5.97 Å². The number of aryl methyl sites for hydroxylation is 1. The summed E-state index contributed by atoms with van der Waals surface area (Å²) in [6.07, 6.45) is 1.38. The first kappa shape index (κ1) is 15.7. The normalized spacial score (nSPS) is 10.4. The average molecular weight is 325 g/mol. The Kier molecular flexibility index (Phi) is 4.51. The van der Waals surface area contributed by atoms with E-state index in [1.807, 2.05) is 31.2 Å². The maximum Gasteiger partial charge on any atom is 0.340 e. The number of carbonyl (C=O) groups is 1. The van der Waals surface area contributed by atoms with Gasteiger partial charge in [0.25, 0.3) is 5.89 Å². The molecule has 0 aliphatic carbocycles. The van der Waals surface area contributed by atoms with E-state index in [0.717, 1.165) is 11.1 Å². The molecular formula is C17H15N3O4. The largest absolute Gasteiger partial charge is 0.481 e. The van der Waals surface area contributed by atoms with Crippen molar-refractivity contribution in [2.24, 2.45) is 0 Å². The SMILES string of the molecule is COc1ccc(C(=O)OCc2nc(-c3ccc(C)cc3)no2)cn1. The van der Waals surface area contributed by atoms with Crippen molar-refractivity contribution in [3.05, 3.63) is 59.6 Å². The number of hydrogen-bond donors (Lipinski definition) is 0. The molecule has 0 radical (unpaired) electrons. The number of pyridine rings is 1. The molecule has 3 aromatic rings. The molecule has 0 aliphatic heterocycles. The Morgan fingerprint density at radius 1 is 1.17 bits per heavy atom. The Labute approximate surface area is 138 Å². The number of aromatic nitrogens is 3. The lowest BCUT2D eigenvalue weighted by Crippen LogP contribution is -2.06. The molecule has 0 saturated heterocycles. The Hall–Kier alpha value is -3.22. The summed E-state index contributed by atoms with van der Waals surface area (Å²) in [6.45, 7) is 1.89. The fourth-order valence-electron chi connectivity index (χ4n) is 1.97. The van der Waals surface area contributed by atoms with Crippen LogP contribution >= 0.6 is 0 Å². The predicted octanol–water partition coefficient (Wildman–Crippen LogP) is 2.81. The van der Waals surface area contributed by atoms with Crippen molar-refractivity contribution in [2.45, 2.75) is 13.5 Å². The minimum Gasteiger partial charge on any atom is -0.481 e. The molecular weight excluding hydrogens is 310 g/mol. The van der Waals surface area contributed by atoms with Gasteiger partial charge in [-0.3, -0.25) is 0 Å². The van der Waals surface area contributed by atoms with E-state index in [-0.39, 0.29) is 12.5 Å². The molecule has 0 atom stereocenters. The summed E-state index contributed by atoms with van der Waals surface area (Å²) in [6, 6.07) is 10.9. The number of ether oxygens (including phenoxy) is 2. The smallest absolute Gasteiger partial charge is 0.340 e. The zero-order valence-electron chi connectivity index (χ0n) is 13.2. The monoisotopic (exact) mass is 325 g/mol. The molecule has 2 aromatic heterocycles. The van der Waals surface area contributed by atoms with E-state index in [1.165, 1.54) is 13.3 Å². The van der Waals surface area contributed by atoms with Crippen LogP contribution in [0.25, 0.3) is 11.4 Å². The van der Waals surface area contributed by atoms with E-state index in [2.05, 4.69) is 15.1 Å². The Bertz CT molecular complexity index is 826. The molecule has 122 valence electrons. The highest BCUT2D eigenvalue weighted by Crippen LogP contribution is 2.17. The number of nitrogens with zero attached hydrogens (tertiary/aromatic N) is 3. The lowest BCUT2D eigenvalue weighted by molar-refractivity contribution is 0.0429. The minimum absolute atomic E-state index is 0.107. The molecule has 1 aromatic carbocycles. The highest BCUT2D eigenvalue weighted by Gasteiger charge is 2.13. The molecule has 24 heavy (non-hydrogen) atoms. The van der Waals surface area contributed by atoms with Gasteiger partial charge >= 0.3 is 5.97 Å². The molecule has 0 unspecified atom stereocenters. The number of hydrogen-bond acceptors (Lipinski definition) is 7. The van der Waals surface area contributed by atoms with Crippen LogP contribution in [0.4, 0.5) is 0 Å². The van der Waals surface area contributed by atoms with E-state index in [9.17, 15) is 4.79 Å². The first-order chi connectivity index (χ1) is 11.7. The first-order valence-electron chi connectivity index (χ1n) is 7.22. The summed E-state index contributed by atoms with van der Waals surface area (Å²) in [5, 5.41) is 3.88. The Morgan fingerprint density at radius 3 is 2.62 bits per heavy atom. The highest BCUT2D eigenvalue weighted by molar-refractivity contribution is 5.89. The fourth-order valence-corrected chi connectivity index (χ4v) is 1.97. The molecule has 0 N–H and O–H groups in total. The van der Waals surface area contributed by atoms with E-state index in [1.54, 1.807) is 12.1 Å². The highest BCUT2D eigenvalue weighted by atomic mass is 16.6. The second-order valence-corrected chi connectivity index (χ2v) is 5.04. The van der Waals surface area contributed by atoms with Gasteiger partial charge in [-0.2, -0.15) is 4.98 Å². The zero-order chi connectivity index (χ0) is 16.9. The molecule has 7 nitrogen and oxygen atoms in total. The van der Waals surface area contributed by atoms with Gasteiger partial charge in [0.1, 0.15) is 0 Å². The van der Waals surface area contributed by atoms with Crippen LogP contribution < -0.4 is 4.74 Å². The van der Waals surface area contributed by atoms with Crippen molar-refractivity contribution in [2.75, 3.05) is 7.11 Å². The van der Waals surface area contributed by atoms with Gasteiger partial charge in [0.2, 0.25) is 11.7 Å². The molecule has 2 heterocycles. The third kappa shape index (κ3) is 3.57. The molecule has 3 rings (SSSR count). The van der Waals surface area contributed by atoms with Crippen LogP contribution in [0, 0.1) is 6.92 Å². The molecule has 0 fully saturated rings. The third-order valence-corrected chi connectivity index (χ3v) is 3.29. The predicted molar refractivity (Wildman–Crippen MR) is 84.4 cm³/mol. The van der Waals surface area contributed by atoms with Crippen molar-refractivity contribution in [1.29, 1.82) is 0 Å². The standard InChI is InChI=1S/C17H15N3O4/c1-11-3-5-12(6-4-11)16-19-15(24-20-16)10-23-17(21)13-7-8-14(22-2)18-9-13/h3-9H,10H2,1-2H3. The quantitative estimate of drug-likeness (QED) is 0.666. The van der Waals surface area contributed by atoms with Gasteiger partial charge in [-0.15, -0.1) is 0 Å². The molecule has 0 amide bonds. The topological polar surface area (TPSA) is 87.3 Å². The van der Waals surface area contributed by atoms with E-state index >= 15 is 0 Å². The van der Waals surface area contributed by atoms with Crippen molar-refractivity contribution < 1.29 is 18.8 Å². The number of carbonyl (C=O) groups excluding carboxylic acids is 1. The number of benzene rings is 1. The summed E-state index contributed by atoms with van der Waals surface area (Å²) in [5.74, 6) is 0.569. The maximum absolute atomic E-state index is 11.9. The maximum atomic E-state index is 11.9. The van der Waals surface area contributed by atoms with Crippen LogP contribution in [0.1, 0.15) is 21.8 Å². The second-order valence-electron chi connectivity index (χ2n) is 5.04. The second kappa shape index (κ2) is 6.91. The van der Waals surface area contributed by atoms with Crippen LogP contribution in [0.2, 0.25) is 0 Å². The van der Waals surface area contributed by atoms with Crippen LogP contribution in [0.15, 0.2) is 47.1 Å². The van der Waals surface area contributed by atoms with Crippen molar-refractivity contribution in [3.63, 3.8) is 0 Å². The summed E-state index contributed by atoms with van der Waals surface area (Å²) in [7, 11) is 1.50.